The molecule has 1 aromatic carbocycles. The van der Waals surface area contributed by atoms with Crippen molar-refractivity contribution in [3.05, 3.63) is 30.3 Å². The van der Waals surface area contributed by atoms with E-state index in [4.69, 9.17) is 5.73 Å². The summed E-state index contributed by atoms with van der Waals surface area (Å²) in [5, 5.41) is 0. The van der Waals surface area contributed by atoms with Gasteiger partial charge in [-0.3, -0.25) is 4.79 Å². The SMILES string of the molecule is CC(=O)N1CCN(C(N)=Nc2ccccc2)CC1. The average molecular weight is 246 g/mol. The quantitative estimate of drug-likeness (QED) is 0.589. The van der Waals surface area contributed by atoms with Crippen LogP contribution >= 0.6 is 0 Å². The summed E-state index contributed by atoms with van der Waals surface area (Å²) < 4.78 is 0. The van der Waals surface area contributed by atoms with Crippen molar-refractivity contribution in [1.29, 1.82) is 0 Å². The molecule has 1 saturated heterocycles. The van der Waals surface area contributed by atoms with Gasteiger partial charge in [0.15, 0.2) is 5.96 Å². The third kappa shape index (κ3) is 3.00. The molecule has 2 N–H and O–H groups in total. The second-order valence-electron chi connectivity index (χ2n) is 4.30. The van der Waals surface area contributed by atoms with Crippen LogP contribution in [0.4, 0.5) is 5.69 Å². The van der Waals surface area contributed by atoms with Gasteiger partial charge in [0.05, 0.1) is 5.69 Å². The summed E-state index contributed by atoms with van der Waals surface area (Å²) in [6.07, 6.45) is 0. The molecule has 18 heavy (non-hydrogen) atoms. The first-order valence-corrected chi connectivity index (χ1v) is 6.06. The number of carbonyl (C=O) groups excluding carboxylic acids is 1. The number of nitrogens with zero attached hydrogens (tertiary/aromatic N) is 3. The van der Waals surface area contributed by atoms with E-state index in [2.05, 4.69) is 4.99 Å². The van der Waals surface area contributed by atoms with E-state index in [0.29, 0.717) is 19.0 Å². The Balaban J connectivity index is 1.97. The van der Waals surface area contributed by atoms with Crippen LogP contribution in [-0.2, 0) is 4.79 Å². The van der Waals surface area contributed by atoms with Crippen LogP contribution < -0.4 is 5.73 Å². The fourth-order valence-electron chi connectivity index (χ4n) is 1.96. The highest BCUT2D eigenvalue weighted by atomic mass is 16.2. The first-order valence-electron chi connectivity index (χ1n) is 6.06. The van der Waals surface area contributed by atoms with Gasteiger partial charge < -0.3 is 15.5 Å². The zero-order chi connectivity index (χ0) is 13.0. The molecule has 0 unspecified atom stereocenters. The van der Waals surface area contributed by atoms with E-state index < -0.39 is 0 Å². The van der Waals surface area contributed by atoms with Crippen molar-refractivity contribution >= 4 is 17.6 Å². The summed E-state index contributed by atoms with van der Waals surface area (Å²) in [5.41, 5.74) is 6.83. The molecular weight excluding hydrogens is 228 g/mol. The van der Waals surface area contributed by atoms with E-state index in [1.54, 1.807) is 6.92 Å². The lowest BCUT2D eigenvalue weighted by atomic mass is 10.3. The molecule has 0 spiro atoms. The van der Waals surface area contributed by atoms with Crippen LogP contribution in [0.15, 0.2) is 35.3 Å². The van der Waals surface area contributed by atoms with Gasteiger partial charge in [-0.05, 0) is 12.1 Å². The molecule has 1 heterocycles. The topological polar surface area (TPSA) is 61.9 Å². The number of amides is 1. The Hall–Kier alpha value is -2.04. The average Bonchev–Trinajstić information content (AvgIpc) is 2.40. The Labute approximate surface area is 107 Å². The van der Waals surface area contributed by atoms with Crippen molar-refractivity contribution in [2.75, 3.05) is 26.2 Å². The lowest BCUT2D eigenvalue weighted by Crippen LogP contribution is -2.52. The summed E-state index contributed by atoms with van der Waals surface area (Å²) in [6.45, 7) is 4.49. The Morgan fingerprint density at radius 3 is 2.22 bits per heavy atom. The van der Waals surface area contributed by atoms with Crippen molar-refractivity contribution in [3.63, 3.8) is 0 Å². The zero-order valence-electron chi connectivity index (χ0n) is 10.5. The number of benzene rings is 1. The molecule has 0 aromatic heterocycles. The number of carbonyl (C=O) groups is 1. The third-order valence-electron chi connectivity index (χ3n) is 3.05. The third-order valence-corrected chi connectivity index (χ3v) is 3.05. The van der Waals surface area contributed by atoms with Gasteiger partial charge in [0.1, 0.15) is 0 Å². The van der Waals surface area contributed by atoms with Crippen LogP contribution in [0, 0.1) is 0 Å². The number of piperazine rings is 1. The van der Waals surface area contributed by atoms with Gasteiger partial charge >= 0.3 is 0 Å². The highest BCUT2D eigenvalue weighted by molar-refractivity contribution is 5.81. The van der Waals surface area contributed by atoms with E-state index in [1.807, 2.05) is 40.1 Å². The predicted molar refractivity (Wildman–Crippen MR) is 71.6 cm³/mol. The van der Waals surface area contributed by atoms with Crippen LogP contribution in [0.2, 0.25) is 0 Å². The van der Waals surface area contributed by atoms with Gasteiger partial charge in [0, 0.05) is 33.1 Å². The molecule has 1 aliphatic heterocycles. The molecule has 2 rings (SSSR count). The normalized spacial score (nSPS) is 16.8. The van der Waals surface area contributed by atoms with E-state index in [9.17, 15) is 4.79 Å². The standard InChI is InChI=1S/C13H18N4O/c1-11(18)16-7-9-17(10-8-16)13(14)15-12-5-3-2-4-6-12/h2-6H,7-10H2,1H3,(H2,14,15). The lowest BCUT2D eigenvalue weighted by molar-refractivity contribution is -0.130. The Morgan fingerprint density at radius 1 is 1.11 bits per heavy atom. The molecule has 5 nitrogen and oxygen atoms in total. The Morgan fingerprint density at radius 2 is 1.67 bits per heavy atom. The highest BCUT2D eigenvalue weighted by Crippen LogP contribution is 2.11. The van der Waals surface area contributed by atoms with E-state index in [0.717, 1.165) is 18.8 Å². The van der Waals surface area contributed by atoms with Gasteiger partial charge in [-0.25, -0.2) is 4.99 Å². The number of guanidine groups is 1. The molecule has 0 bridgehead atoms. The van der Waals surface area contributed by atoms with Crippen LogP contribution in [0.3, 0.4) is 0 Å². The molecule has 1 aromatic rings. The highest BCUT2D eigenvalue weighted by Gasteiger charge is 2.19. The van der Waals surface area contributed by atoms with Gasteiger partial charge in [-0.15, -0.1) is 0 Å². The number of para-hydroxylation sites is 1. The Kier molecular flexibility index (Phi) is 3.82. The monoisotopic (exact) mass is 246 g/mol. The lowest BCUT2D eigenvalue weighted by Gasteiger charge is -2.34. The molecule has 1 amide bonds. The summed E-state index contributed by atoms with van der Waals surface area (Å²) in [4.78, 5) is 19.4. The zero-order valence-corrected chi connectivity index (χ0v) is 10.5. The summed E-state index contributed by atoms with van der Waals surface area (Å²) in [7, 11) is 0. The second kappa shape index (κ2) is 5.53. The van der Waals surface area contributed by atoms with E-state index in [-0.39, 0.29) is 5.91 Å². The fourth-order valence-corrected chi connectivity index (χ4v) is 1.96. The number of hydrogen-bond acceptors (Lipinski definition) is 2. The van der Waals surface area contributed by atoms with Gasteiger partial charge in [0.2, 0.25) is 5.91 Å². The van der Waals surface area contributed by atoms with Gasteiger partial charge in [-0.1, -0.05) is 18.2 Å². The van der Waals surface area contributed by atoms with Crippen molar-refractivity contribution in [2.24, 2.45) is 10.7 Å². The number of hydrogen-bond donors (Lipinski definition) is 1. The molecule has 1 aliphatic rings. The molecular formula is C13H18N4O. The largest absolute Gasteiger partial charge is 0.369 e. The van der Waals surface area contributed by atoms with Gasteiger partial charge in [-0.2, -0.15) is 0 Å². The predicted octanol–water partition coefficient (Wildman–Crippen LogP) is 0.797. The molecule has 1 fully saturated rings. The van der Waals surface area contributed by atoms with Crippen molar-refractivity contribution in [3.8, 4) is 0 Å². The van der Waals surface area contributed by atoms with Crippen molar-refractivity contribution < 1.29 is 4.79 Å². The molecule has 0 saturated carbocycles. The summed E-state index contributed by atoms with van der Waals surface area (Å²) in [6, 6.07) is 9.64. The van der Waals surface area contributed by atoms with Crippen LogP contribution in [0.5, 0.6) is 0 Å². The molecule has 0 radical (unpaired) electrons. The fraction of sp³-hybridized carbons (Fsp3) is 0.385. The minimum Gasteiger partial charge on any atom is -0.369 e. The summed E-state index contributed by atoms with van der Waals surface area (Å²) >= 11 is 0. The molecule has 96 valence electrons. The maximum Gasteiger partial charge on any atom is 0.219 e. The van der Waals surface area contributed by atoms with Crippen molar-refractivity contribution in [1.82, 2.24) is 9.80 Å². The smallest absolute Gasteiger partial charge is 0.219 e. The number of rotatable bonds is 1. The Bertz CT molecular complexity index is 436. The minimum absolute atomic E-state index is 0.119. The number of nitrogens with two attached hydrogens (primary N) is 1. The van der Waals surface area contributed by atoms with E-state index >= 15 is 0 Å². The van der Waals surface area contributed by atoms with E-state index in [1.165, 1.54) is 0 Å². The molecule has 0 aliphatic carbocycles. The minimum atomic E-state index is 0.119. The first kappa shape index (κ1) is 12.4. The molecule has 0 atom stereocenters. The maximum absolute atomic E-state index is 11.2. The first-order chi connectivity index (χ1) is 8.66. The maximum atomic E-state index is 11.2. The summed E-state index contributed by atoms with van der Waals surface area (Å²) in [5.74, 6) is 0.637. The van der Waals surface area contributed by atoms with Crippen LogP contribution in [-0.4, -0.2) is 47.8 Å². The molecule has 5 heteroatoms. The number of aliphatic imine (C=N–C) groups is 1. The van der Waals surface area contributed by atoms with Gasteiger partial charge in [0.25, 0.3) is 0 Å². The van der Waals surface area contributed by atoms with Crippen molar-refractivity contribution in [2.45, 2.75) is 6.92 Å². The van der Waals surface area contributed by atoms with Crippen LogP contribution in [0.1, 0.15) is 6.92 Å². The second-order valence-corrected chi connectivity index (χ2v) is 4.30. The van der Waals surface area contributed by atoms with Crippen LogP contribution in [0.25, 0.3) is 0 Å².